The van der Waals surface area contributed by atoms with Crippen LogP contribution in [0.4, 0.5) is 0 Å². The number of carbonyl (C=O) groups is 1. The molecule has 0 saturated heterocycles. The molecule has 2 rings (SSSR count). The molecule has 0 aromatic carbocycles. The van der Waals surface area contributed by atoms with E-state index in [1.165, 1.54) is 0 Å². The van der Waals surface area contributed by atoms with Gasteiger partial charge in [-0.2, -0.15) is 0 Å². The summed E-state index contributed by atoms with van der Waals surface area (Å²) < 4.78 is 12.2. The summed E-state index contributed by atoms with van der Waals surface area (Å²) in [7, 11) is 1.61. The number of aromatic nitrogens is 1. The first-order valence-electron chi connectivity index (χ1n) is 6.23. The number of furan rings is 1. The second-order valence-corrected chi connectivity index (χ2v) is 4.13. The highest BCUT2D eigenvalue weighted by Crippen LogP contribution is 2.21. The van der Waals surface area contributed by atoms with Gasteiger partial charge < -0.3 is 19.0 Å². The number of hydrogen-bond donors (Lipinski definition) is 1. The number of fused-ring (bicyclic) bond motifs is 1. The third-order valence-corrected chi connectivity index (χ3v) is 2.87. The summed E-state index contributed by atoms with van der Waals surface area (Å²) in [5, 5.41) is 2.82. The summed E-state index contributed by atoms with van der Waals surface area (Å²) in [6.07, 6.45) is 5.58. The van der Waals surface area contributed by atoms with Gasteiger partial charge in [-0.05, 0) is 6.92 Å². The van der Waals surface area contributed by atoms with E-state index >= 15 is 0 Å². The van der Waals surface area contributed by atoms with E-state index in [2.05, 4.69) is 5.32 Å². The first-order valence-corrected chi connectivity index (χ1v) is 6.23. The SMILES string of the molecule is C/C=C\Cn1c(C(=O)NCCOC)cc2occc21. The molecular formula is C14H18N2O3. The highest BCUT2D eigenvalue weighted by molar-refractivity contribution is 5.97. The lowest BCUT2D eigenvalue weighted by Gasteiger charge is -2.08. The number of hydrogen-bond acceptors (Lipinski definition) is 3. The van der Waals surface area contributed by atoms with Gasteiger partial charge in [0.1, 0.15) is 5.69 Å². The predicted octanol–water partition coefficient (Wildman–Crippen LogP) is 2.19. The van der Waals surface area contributed by atoms with E-state index in [0.29, 0.717) is 25.4 Å². The number of methoxy groups -OCH3 is 1. The fourth-order valence-electron chi connectivity index (χ4n) is 1.93. The van der Waals surface area contributed by atoms with Crippen molar-refractivity contribution in [2.24, 2.45) is 0 Å². The van der Waals surface area contributed by atoms with Crippen LogP contribution in [0.1, 0.15) is 17.4 Å². The molecule has 2 aromatic rings. The van der Waals surface area contributed by atoms with Crippen molar-refractivity contribution in [3.05, 3.63) is 36.2 Å². The third kappa shape index (κ3) is 2.88. The van der Waals surface area contributed by atoms with E-state index in [-0.39, 0.29) is 5.91 Å². The van der Waals surface area contributed by atoms with Crippen LogP contribution in [0.3, 0.4) is 0 Å². The maximum absolute atomic E-state index is 12.1. The number of carbonyl (C=O) groups excluding carboxylic acids is 1. The Morgan fingerprint density at radius 3 is 3.16 bits per heavy atom. The maximum atomic E-state index is 12.1. The highest BCUT2D eigenvalue weighted by atomic mass is 16.5. The van der Waals surface area contributed by atoms with Crippen molar-refractivity contribution in [1.82, 2.24) is 9.88 Å². The lowest BCUT2D eigenvalue weighted by Crippen LogP contribution is -2.28. The second kappa shape index (κ2) is 6.24. The number of allylic oxidation sites excluding steroid dienone is 2. The Bertz CT molecular complexity index is 581. The normalized spacial score (nSPS) is 11.5. The molecule has 1 N–H and O–H groups in total. The number of ether oxygens (including phenoxy) is 1. The van der Waals surface area contributed by atoms with Crippen molar-refractivity contribution in [3.8, 4) is 0 Å². The zero-order valence-electron chi connectivity index (χ0n) is 11.2. The van der Waals surface area contributed by atoms with Crippen LogP contribution in [0, 0.1) is 0 Å². The molecule has 0 fully saturated rings. The average Bonchev–Trinajstić information content (AvgIpc) is 2.97. The monoisotopic (exact) mass is 262 g/mol. The molecular weight excluding hydrogens is 244 g/mol. The van der Waals surface area contributed by atoms with E-state index in [4.69, 9.17) is 9.15 Å². The van der Waals surface area contributed by atoms with Crippen LogP contribution in [-0.2, 0) is 11.3 Å². The van der Waals surface area contributed by atoms with Crippen LogP contribution in [0.5, 0.6) is 0 Å². The van der Waals surface area contributed by atoms with Gasteiger partial charge in [0.25, 0.3) is 5.91 Å². The van der Waals surface area contributed by atoms with E-state index < -0.39 is 0 Å². The Balaban J connectivity index is 2.25. The first-order chi connectivity index (χ1) is 9.27. The largest absolute Gasteiger partial charge is 0.463 e. The molecule has 0 aliphatic heterocycles. The summed E-state index contributed by atoms with van der Waals surface area (Å²) in [6, 6.07) is 3.63. The average molecular weight is 262 g/mol. The van der Waals surface area contributed by atoms with Gasteiger partial charge in [-0.25, -0.2) is 0 Å². The Kier molecular flexibility index (Phi) is 4.41. The first kappa shape index (κ1) is 13.4. The van der Waals surface area contributed by atoms with Crippen molar-refractivity contribution >= 4 is 17.0 Å². The lowest BCUT2D eigenvalue weighted by molar-refractivity contribution is 0.0928. The summed E-state index contributed by atoms with van der Waals surface area (Å²) in [4.78, 5) is 12.1. The van der Waals surface area contributed by atoms with Crippen molar-refractivity contribution in [1.29, 1.82) is 0 Å². The summed E-state index contributed by atoms with van der Waals surface area (Å²) in [6.45, 7) is 3.59. The van der Waals surface area contributed by atoms with Crippen molar-refractivity contribution in [3.63, 3.8) is 0 Å². The zero-order chi connectivity index (χ0) is 13.7. The molecule has 0 radical (unpaired) electrons. The summed E-state index contributed by atoms with van der Waals surface area (Å²) in [5.74, 6) is -0.118. The predicted molar refractivity (Wildman–Crippen MR) is 73.2 cm³/mol. The minimum atomic E-state index is -0.118. The van der Waals surface area contributed by atoms with Crippen LogP contribution in [-0.4, -0.2) is 30.7 Å². The van der Waals surface area contributed by atoms with Gasteiger partial charge >= 0.3 is 0 Å². The van der Waals surface area contributed by atoms with Crippen molar-refractivity contribution in [2.45, 2.75) is 13.5 Å². The fraction of sp³-hybridized carbons (Fsp3) is 0.357. The van der Waals surface area contributed by atoms with Crippen LogP contribution in [0.2, 0.25) is 0 Å². The van der Waals surface area contributed by atoms with E-state index in [1.54, 1.807) is 19.4 Å². The highest BCUT2D eigenvalue weighted by Gasteiger charge is 2.16. The van der Waals surface area contributed by atoms with Gasteiger partial charge in [0.05, 0.1) is 18.4 Å². The van der Waals surface area contributed by atoms with Gasteiger partial charge in [-0.3, -0.25) is 4.79 Å². The second-order valence-electron chi connectivity index (χ2n) is 4.13. The maximum Gasteiger partial charge on any atom is 0.268 e. The molecule has 5 nitrogen and oxygen atoms in total. The minimum Gasteiger partial charge on any atom is -0.463 e. The molecule has 0 aliphatic rings. The van der Waals surface area contributed by atoms with Crippen LogP contribution >= 0.6 is 0 Å². The molecule has 2 heterocycles. The molecule has 0 unspecified atom stereocenters. The topological polar surface area (TPSA) is 56.4 Å². The third-order valence-electron chi connectivity index (χ3n) is 2.87. The molecule has 0 atom stereocenters. The minimum absolute atomic E-state index is 0.118. The van der Waals surface area contributed by atoms with Gasteiger partial charge in [0.15, 0.2) is 5.58 Å². The lowest BCUT2D eigenvalue weighted by atomic mass is 10.4. The smallest absolute Gasteiger partial charge is 0.268 e. The molecule has 0 bridgehead atoms. The van der Waals surface area contributed by atoms with Crippen molar-refractivity contribution in [2.75, 3.05) is 20.3 Å². The van der Waals surface area contributed by atoms with Crippen molar-refractivity contribution < 1.29 is 13.9 Å². The van der Waals surface area contributed by atoms with E-state index in [0.717, 1.165) is 11.1 Å². The molecule has 1 amide bonds. The Labute approximate surface area is 111 Å². The molecule has 0 aliphatic carbocycles. The Morgan fingerprint density at radius 2 is 2.42 bits per heavy atom. The fourth-order valence-corrected chi connectivity index (χ4v) is 1.93. The van der Waals surface area contributed by atoms with E-state index in [9.17, 15) is 4.79 Å². The molecule has 0 spiro atoms. The molecule has 0 saturated carbocycles. The van der Waals surface area contributed by atoms with Gasteiger partial charge in [0, 0.05) is 32.3 Å². The molecule has 19 heavy (non-hydrogen) atoms. The molecule has 2 aromatic heterocycles. The quantitative estimate of drug-likeness (QED) is 0.641. The van der Waals surface area contributed by atoms with Gasteiger partial charge in [-0.15, -0.1) is 0 Å². The van der Waals surface area contributed by atoms with E-state index in [1.807, 2.05) is 29.7 Å². The zero-order valence-corrected chi connectivity index (χ0v) is 11.2. The van der Waals surface area contributed by atoms with Crippen LogP contribution in [0.25, 0.3) is 11.1 Å². The molecule has 5 heteroatoms. The number of rotatable bonds is 6. The number of amides is 1. The molecule has 102 valence electrons. The standard InChI is InChI=1S/C14H18N2O3/c1-3-4-7-16-11-5-8-19-13(11)10-12(16)14(17)15-6-9-18-2/h3-5,8,10H,6-7,9H2,1-2H3,(H,15,17)/b4-3-. The van der Waals surface area contributed by atoms with Crippen LogP contribution in [0.15, 0.2) is 35.0 Å². The summed E-state index contributed by atoms with van der Waals surface area (Å²) >= 11 is 0. The number of nitrogens with zero attached hydrogens (tertiary/aromatic N) is 1. The Hall–Kier alpha value is -2.01. The summed E-state index contributed by atoms with van der Waals surface area (Å²) in [5.41, 5.74) is 2.25. The van der Waals surface area contributed by atoms with Gasteiger partial charge in [-0.1, -0.05) is 12.2 Å². The Morgan fingerprint density at radius 1 is 1.58 bits per heavy atom. The van der Waals surface area contributed by atoms with Crippen LogP contribution < -0.4 is 5.32 Å². The van der Waals surface area contributed by atoms with Gasteiger partial charge in [0.2, 0.25) is 0 Å². The number of nitrogens with one attached hydrogen (secondary N) is 1.